The minimum atomic E-state index is -0.812. The second-order valence-electron chi connectivity index (χ2n) is 4.66. The molecule has 0 saturated heterocycles. The highest BCUT2D eigenvalue weighted by molar-refractivity contribution is 9.10. The Morgan fingerprint density at radius 2 is 2.17 bits per heavy atom. The lowest BCUT2D eigenvalue weighted by molar-refractivity contribution is -0.109. The zero-order chi connectivity index (χ0) is 13.8. The van der Waals surface area contributed by atoms with Gasteiger partial charge >= 0.3 is 6.09 Å². The van der Waals surface area contributed by atoms with Crippen LogP contribution in [0.25, 0.3) is 0 Å². The van der Waals surface area contributed by atoms with Crippen molar-refractivity contribution < 1.29 is 14.3 Å². The van der Waals surface area contributed by atoms with Gasteiger partial charge in [-0.2, -0.15) is 0 Å². The lowest BCUT2D eigenvalue weighted by Crippen LogP contribution is -2.35. The molecule has 1 amide bonds. The maximum atomic E-state index is 11.5. The average molecular weight is 315 g/mol. The highest BCUT2D eigenvalue weighted by atomic mass is 79.9. The third-order valence-corrected chi connectivity index (χ3v) is 2.35. The first-order valence-corrected chi connectivity index (χ1v) is 6.17. The minimum Gasteiger partial charge on any atom is -0.444 e. The number of amides is 1. The fourth-order valence-electron chi connectivity index (χ4n) is 1.18. The van der Waals surface area contributed by atoms with Crippen LogP contribution in [-0.2, 0) is 9.53 Å². The van der Waals surface area contributed by atoms with Crippen molar-refractivity contribution in [1.82, 2.24) is 10.3 Å². The summed E-state index contributed by atoms with van der Waals surface area (Å²) in [4.78, 5) is 26.6. The van der Waals surface area contributed by atoms with Crippen LogP contribution in [0.2, 0.25) is 0 Å². The molecule has 6 heteroatoms. The maximum Gasteiger partial charge on any atom is 0.408 e. The number of hydrogen-bond acceptors (Lipinski definition) is 4. The Hall–Kier alpha value is -1.43. The lowest BCUT2D eigenvalue weighted by atomic mass is 10.2. The molecule has 0 aromatic carbocycles. The molecule has 1 unspecified atom stereocenters. The number of alkyl carbamates (subject to hydrolysis) is 1. The van der Waals surface area contributed by atoms with Gasteiger partial charge in [0, 0.05) is 10.7 Å². The summed E-state index contributed by atoms with van der Waals surface area (Å²) in [6, 6.07) is 2.59. The Bertz CT molecular complexity index is 426. The molecule has 1 aromatic rings. The van der Waals surface area contributed by atoms with Crippen LogP contribution in [0, 0.1) is 0 Å². The molecule has 0 spiro atoms. The monoisotopic (exact) mass is 314 g/mol. The van der Waals surface area contributed by atoms with E-state index in [4.69, 9.17) is 4.74 Å². The fourth-order valence-corrected chi connectivity index (χ4v) is 1.42. The maximum absolute atomic E-state index is 11.5. The van der Waals surface area contributed by atoms with Gasteiger partial charge in [0.15, 0.2) is 0 Å². The first-order chi connectivity index (χ1) is 8.31. The Morgan fingerprint density at radius 1 is 1.50 bits per heavy atom. The highest BCUT2D eigenvalue weighted by Gasteiger charge is 2.20. The number of hydrogen-bond donors (Lipinski definition) is 1. The number of pyridine rings is 1. The predicted molar refractivity (Wildman–Crippen MR) is 70.1 cm³/mol. The molecule has 0 aliphatic carbocycles. The summed E-state index contributed by atoms with van der Waals surface area (Å²) >= 11 is 3.24. The van der Waals surface area contributed by atoms with Gasteiger partial charge in [0.25, 0.3) is 0 Å². The number of aromatic nitrogens is 1. The molecule has 0 saturated carbocycles. The number of ether oxygens (including phenoxy) is 1. The van der Waals surface area contributed by atoms with Gasteiger partial charge in [-0.15, -0.1) is 0 Å². The summed E-state index contributed by atoms with van der Waals surface area (Å²) in [5.41, 5.74) is -0.149. The fraction of sp³-hybridized carbons (Fsp3) is 0.417. The SMILES string of the molecule is CC(C)(C)OC(=O)NC(C=O)c1ccc(Br)cn1. The van der Waals surface area contributed by atoms with Crippen molar-refractivity contribution in [3.8, 4) is 0 Å². The second-order valence-corrected chi connectivity index (χ2v) is 5.58. The number of nitrogens with zero attached hydrogens (tertiary/aromatic N) is 1. The molecule has 0 radical (unpaired) electrons. The molecule has 18 heavy (non-hydrogen) atoms. The van der Waals surface area contributed by atoms with Crippen LogP contribution in [0.1, 0.15) is 32.5 Å². The molecule has 1 heterocycles. The molecule has 0 fully saturated rings. The molecule has 0 bridgehead atoms. The zero-order valence-electron chi connectivity index (χ0n) is 10.4. The topological polar surface area (TPSA) is 68.3 Å². The van der Waals surface area contributed by atoms with Gasteiger partial charge in [0.05, 0.1) is 5.69 Å². The van der Waals surface area contributed by atoms with Crippen LogP contribution in [0.3, 0.4) is 0 Å². The zero-order valence-corrected chi connectivity index (χ0v) is 12.0. The third-order valence-electron chi connectivity index (χ3n) is 1.88. The van der Waals surface area contributed by atoms with Crippen molar-refractivity contribution in [2.24, 2.45) is 0 Å². The summed E-state index contributed by atoms with van der Waals surface area (Å²) in [7, 11) is 0. The molecule has 1 N–H and O–H groups in total. The molecule has 0 aliphatic rings. The van der Waals surface area contributed by atoms with Gasteiger partial charge in [-0.05, 0) is 48.8 Å². The first-order valence-electron chi connectivity index (χ1n) is 5.38. The van der Waals surface area contributed by atoms with Crippen LogP contribution in [0.15, 0.2) is 22.8 Å². The number of rotatable bonds is 3. The van der Waals surface area contributed by atoms with E-state index < -0.39 is 17.7 Å². The summed E-state index contributed by atoms with van der Waals surface area (Å²) in [5, 5.41) is 2.45. The quantitative estimate of drug-likeness (QED) is 0.871. The summed E-state index contributed by atoms with van der Waals surface area (Å²) in [5.74, 6) is 0. The molecule has 1 aromatic heterocycles. The van der Waals surface area contributed by atoms with Crippen LogP contribution in [-0.4, -0.2) is 23.0 Å². The van der Waals surface area contributed by atoms with Gasteiger partial charge in [-0.3, -0.25) is 4.98 Å². The first kappa shape index (κ1) is 14.6. The van der Waals surface area contributed by atoms with Gasteiger partial charge in [-0.1, -0.05) is 0 Å². The number of carbonyl (C=O) groups excluding carboxylic acids is 2. The Balaban J connectivity index is 2.71. The number of carbonyl (C=O) groups is 2. The molecule has 0 aliphatic heterocycles. The van der Waals surface area contributed by atoms with Crippen LogP contribution in [0.4, 0.5) is 4.79 Å². The largest absolute Gasteiger partial charge is 0.444 e. The second kappa shape index (κ2) is 5.95. The van der Waals surface area contributed by atoms with Crippen molar-refractivity contribution in [2.45, 2.75) is 32.4 Å². The Morgan fingerprint density at radius 3 is 2.61 bits per heavy atom. The highest BCUT2D eigenvalue weighted by Crippen LogP contribution is 2.13. The number of halogens is 1. The van der Waals surface area contributed by atoms with E-state index in [-0.39, 0.29) is 0 Å². The summed E-state index contributed by atoms with van der Waals surface area (Å²) < 4.78 is 5.87. The molecule has 1 atom stereocenters. The molecule has 1 rings (SSSR count). The van der Waals surface area contributed by atoms with E-state index in [1.807, 2.05) is 0 Å². The molecular weight excluding hydrogens is 300 g/mol. The van der Waals surface area contributed by atoms with E-state index >= 15 is 0 Å². The standard InChI is InChI=1S/C12H15BrN2O3/c1-12(2,3)18-11(17)15-10(7-16)9-5-4-8(13)6-14-9/h4-7,10H,1-3H3,(H,15,17). The van der Waals surface area contributed by atoms with Crippen molar-refractivity contribution in [1.29, 1.82) is 0 Å². The molecular formula is C12H15BrN2O3. The van der Waals surface area contributed by atoms with E-state index in [0.717, 1.165) is 4.47 Å². The molecule has 98 valence electrons. The van der Waals surface area contributed by atoms with E-state index in [1.54, 1.807) is 39.1 Å². The van der Waals surface area contributed by atoms with Crippen molar-refractivity contribution in [3.63, 3.8) is 0 Å². The summed E-state index contributed by atoms with van der Waals surface area (Å²) in [6.07, 6.45) is 1.52. The minimum absolute atomic E-state index is 0.457. The lowest BCUT2D eigenvalue weighted by Gasteiger charge is -2.21. The predicted octanol–water partition coefficient (Wildman–Crippen LogP) is 2.61. The number of aldehydes is 1. The van der Waals surface area contributed by atoms with Crippen molar-refractivity contribution in [2.75, 3.05) is 0 Å². The Labute approximate surface area is 114 Å². The average Bonchev–Trinajstić information content (AvgIpc) is 2.25. The van der Waals surface area contributed by atoms with E-state index in [1.165, 1.54) is 0 Å². The van der Waals surface area contributed by atoms with Crippen LogP contribution in [0.5, 0.6) is 0 Å². The van der Waals surface area contributed by atoms with Gasteiger partial charge in [0.1, 0.15) is 17.9 Å². The summed E-state index contributed by atoms with van der Waals surface area (Å²) in [6.45, 7) is 5.25. The van der Waals surface area contributed by atoms with Crippen LogP contribution < -0.4 is 5.32 Å². The van der Waals surface area contributed by atoms with Gasteiger partial charge in [-0.25, -0.2) is 4.79 Å². The normalized spacial score (nSPS) is 12.7. The number of nitrogens with one attached hydrogen (secondary N) is 1. The van der Waals surface area contributed by atoms with Crippen molar-refractivity contribution in [3.05, 3.63) is 28.5 Å². The van der Waals surface area contributed by atoms with Gasteiger partial charge in [0.2, 0.25) is 0 Å². The molecule has 5 nitrogen and oxygen atoms in total. The van der Waals surface area contributed by atoms with E-state index in [9.17, 15) is 9.59 Å². The van der Waals surface area contributed by atoms with Crippen molar-refractivity contribution >= 4 is 28.3 Å². The van der Waals surface area contributed by atoms with Crippen LogP contribution >= 0.6 is 15.9 Å². The smallest absolute Gasteiger partial charge is 0.408 e. The third kappa shape index (κ3) is 4.83. The Kier molecular flexibility index (Phi) is 4.84. The van der Waals surface area contributed by atoms with E-state index in [0.29, 0.717) is 12.0 Å². The van der Waals surface area contributed by atoms with Gasteiger partial charge < -0.3 is 14.8 Å². The van der Waals surface area contributed by atoms with E-state index in [2.05, 4.69) is 26.2 Å².